The van der Waals surface area contributed by atoms with Gasteiger partial charge in [-0.15, -0.1) is 0 Å². The highest BCUT2D eigenvalue weighted by Crippen LogP contribution is 2.25. The zero-order valence-electron chi connectivity index (χ0n) is 12.2. The summed E-state index contributed by atoms with van der Waals surface area (Å²) >= 11 is 11.8. The van der Waals surface area contributed by atoms with Gasteiger partial charge in [0.25, 0.3) is 0 Å². The number of aryl methyl sites for hydroxylation is 1. The molecule has 0 fully saturated rings. The van der Waals surface area contributed by atoms with E-state index in [0.717, 1.165) is 16.9 Å². The van der Waals surface area contributed by atoms with E-state index >= 15 is 0 Å². The number of benzene rings is 2. The zero-order valence-corrected chi connectivity index (χ0v) is 13.8. The number of nitrogens with one attached hydrogen (secondary N) is 2. The second-order valence-corrected chi connectivity index (χ2v) is 5.59. The molecular weight excluding hydrogens is 323 g/mol. The SMILES string of the molecule is Cc1cccc(OCNC(=O)Nc2ccc(Cl)cc2Cl)c1C. The molecule has 0 atom stereocenters. The molecule has 2 aromatic rings. The molecule has 0 saturated heterocycles. The van der Waals surface area contributed by atoms with Crippen LogP contribution in [-0.4, -0.2) is 12.8 Å². The van der Waals surface area contributed by atoms with Crippen LogP contribution in [-0.2, 0) is 0 Å². The molecular formula is C16H16Cl2N2O2. The molecule has 116 valence electrons. The molecule has 2 amide bonds. The summed E-state index contributed by atoms with van der Waals surface area (Å²) < 4.78 is 5.55. The van der Waals surface area contributed by atoms with Crippen LogP contribution in [0.4, 0.5) is 10.5 Å². The van der Waals surface area contributed by atoms with Crippen LogP contribution in [0.5, 0.6) is 5.75 Å². The lowest BCUT2D eigenvalue weighted by molar-refractivity contribution is 0.234. The lowest BCUT2D eigenvalue weighted by Crippen LogP contribution is -2.32. The van der Waals surface area contributed by atoms with Gasteiger partial charge in [-0.1, -0.05) is 35.3 Å². The molecule has 0 aliphatic carbocycles. The first-order chi connectivity index (χ1) is 10.5. The van der Waals surface area contributed by atoms with Crippen LogP contribution < -0.4 is 15.4 Å². The van der Waals surface area contributed by atoms with Gasteiger partial charge < -0.3 is 15.4 Å². The lowest BCUT2D eigenvalue weighted by Gasteiger charge is -2.12. The van der Waals surface area contributed by atoms with Crippen molar-refractivity contribution in [3.63, 3.8) is 0 Å². The van der Waals surface area contributed by atoms with Crippen molar-refractivity contribution >= 4 is 34.9 Å². The molecule has 0 bridgehead atoms. The van der Waals surface area contributed by atoms with E-state index in [-0.39, 0.29) is 6.73 Å². The van der Waals surface area contributed by atoms with Crippen molar-refractivity contribution in [1.82, 2.24) is 5.32 Å². The molecule has 0 radical (unpaired) electrons. The first-order valence-corrected chi connectivity index (χ1v) is 7.42. The van der Waals surface area contributed by atoms with E-state index in [4.69, 9.17) is 27.9 Å². The normalized spacial score (nSPS) is 10.2. The monoisotopic (exact) mass is 338 g/mol. The summed E-state index contributed by atoms with van der Waals surface area (Å²) in [6.07, 6.45) is 0. The van der Waals surface area contributed by atoms with Crippen molar-refractivity contribution in [3.8, 4) is 5.75 Å². The molecule has 0 saturated carbocycles. The van der Waals surface area contributed by atoms with E-state index in [2.05, 4.69) is 10.6 Å². The molecule has 0 unspecified atom stereocenters. The molecule has 4 nitrogen and oxygen atoms in total. The molecule has 2 rings (SSSR count). The third kappa shape index (κ3) is 4.29. The Morgan fingerprint density at radius 2 is 1.95 bits per heavy atom. The smallest absolute Gasteiger partial charge is 0.321 e. The number of urea groups is 1. The van der Waals surface area contributed by atoms with Crippen molar-refractivity contribution < 1.29 is 9.53 Å². The maximum atomic E-state index is 11.8. The average Bonchev–Trinajstić information content (AvgIpc) is 2.46. The van der Waals surface area contributed by atoms with E-state index in [0.29, 0.717) is 15.7 Å². The van der Waals surface area contributed by atoms with Crippen LogP contribution in [0, 0.1) is 13.8 Å². The fourth-order valence-electron chi connectivity index (χ4n) is 1.82. The van der Waals surface area contributed by atoms with Crippen LogP contribution in [0.3, 0.4) is 0 Å². The molecule has 2 aromatic carbocycles. The Bertz CT molecular complexity index is 690. The van der Waals surface area contributed by atoms with Gasteiger partial charge in [-0.2, -0.15) is 0 Å². The summed E-state index contributed by atoms with van der Waals surface area (Å²) in [4.78, 5) is 11.8. The van der Waals surface area contributed by atoms with Gasteiger partial charge in [-0.05, 0) is 49.2 Å². The van der Waals surface area contributed by atoms with Gasteiger partial charge in [0.2, 0.25) is 0 Å². The highest BCUT2D eigenvalue weighted by Gasteiger charge is 2.06. The molecule has 0 heterocycles. The highest BCUT2D eigenvalue weighted by atomic mass is 35.5. The second-order valence-electron chi connectivity index (χ2n) is 4.74. The minimum atomic E-state index is -0.408. The fraction of sp³-hybridized carbons (Fsp3) is 0.188. The Morgan fingerprint density at radius 3 is 2.68 bits per heavy atom. The minimum Gasteiger partial charge on any atom is -0.473 e. The number of halogens is 2. The van der Waals surface area contributed by atoms with Crippen LogP contribution in [0.25, 0.3) is 0 Å². The quantitative estimate of drug-likeness (QED) is 0.789. The predicted octanol–water partition coefficient (Wildman–Crippen LogP) is 4.77. The number of rotatable bonds is 4. The minimum absolute atomic E-state index is 0.0569. The number of carbonyl (C=O) groups excluding carboxylic acids is 1. The third-order valence-electron chi connectivity index (χ3n) is 3.19. The standard InChI is InChI=1S/C16H16Cl2N2O2/c1-10-4-3-5-15(11(10)2)22-9-19-16(21)20-14-7-6-12(17)8-13(14)18/h3-8H,9H2,1-2H3,(H2,19,20,21). The Morgan fingerprint density at radius 1 is 1.18 bits per heavy atom. The van der Waals surface area contributed by atoms with Crippen molar-refractivity contribution in [1.29, 1.82) is 0 Å². The lowest BCUT2D eigenvalue weighted by atomic mass is 10.1. The number of ether oxygens (including phenoxy) is 1. The van der Waals surface area contributed by atoms with Crippen molar-refractivity contribution in [2.75, 3.05) is 12.0 Å². The van der Waals surface area contributed by atoms with Gasteiger partial charge >= 0.3 is 6.03 Å². The van der Waals surface area contributed by atoms with Crippen LogP contribution in [0.1, 0.15) is 11.1 Å². The van der Waals surface area contributed by atoms with Gasteiger partial charge in [0.1, 0.15) is 5.75 Å². The fourth-order valence-corrected chi connectivity index (χ4v) is 2.27. The third-order valence-corrected chi connectivity index (χ3v) is 3.74. The first kappa shape index (κ1) is 16.5. The summed E-state index contributed by atoms with van der Waals surface area (Å²) in [7, 11) is 0. The van der Waals surface area contributed by atoms with Crippen LogP contribution in [0.2, 0.25) is 10.0 Å². The summed E-state index contributed by atoms with van der Waals surface area (Å²) in [5.74, 6) is 0.741. The Balaban J connectivity index is 1.87. The summed E-state index contributed by atoms with van der Waals surface area (Å²) in [5, 5.41) is 6.12. The van der Waals surface area contributed by atoms with E-state index in [1.807, 2.05) is 32.0 Å². The van der Waals surface area contributed by atoms with Crippen molar-refractivity contribution in [3.05, 3.63) is 57.6 Å². The summed E-state index contributed by atoms with van der Waals surface area (Å²) in [5.41, 5.74) is 2.66. The van der Waals surface area contributed by atoms with Crippen molar-refractivity contribution in [2.45, 2.75) is 13.8 Å². The Kier molecular flexibility index (Phi) is 5.52. The molecule has 0 spiro atoms. The number of hydrogen-bond donors (Lipinski definition) is 2. The molecule has 22 heavy (non-hydrogen) atoms. The Hall–Kier alpha value is -1.91. The van der Waals surface area contributed by atoms with Gasteiger partial charge in [-0.3, -0.25) is 0 Å². The van der Waals surface area contributed by atoms with Gasteiger partial charge in [0.05, 0.1) is 10.7 Å². The molecule has 6 heteroatoms. The second kappa shape index (κ2) is 7.38. The van der Waals surface area contributed by atoms with Crippen molar-refractivity contribution in [2.24, 2.45) is 0 Å². The zero-order chi connectivity index (χ0) is 16.1. The van der Waals surface area contributed by atoms with Gasteiger partial charge in [0.15, 0.2) is 6.73 Å². The predicted molar refractivity (Wildman–Crippen MR) is 90.0 cm³/mol. The van der Waals surface area contributed by atoms with Crippen LogP contribution >= 0.6 is 23.2 Å². The maximum Gasteiger partial charge on any atom is 0.321 e. The first-order valence-electron chi connectivity index (χ1n) is 6.66. The van der Waals surface area contributed by atoms with Gasteiger partial charge in [-0.25, -0.2) is 4.79 Å². The number of carbonyl (C=O) groups is 1. The highest BCUT2D eigenvalue weighted by molar-refractivity contribution is 6.36. The van der Waals surface area contributed by atoms with Crippen LogP contribution in [0.15, 0.2) is 36.4 Å². The van der Waals surface area contributed by atoms with E-state index in [1.54, 1.807) is 18.2 Å². The molecule has 0 aliphatic heterocycles. The largest absolute Gasteiger partial charge is 0.473 e. The van der Waals surface area contributed by atoms with E-state index in [9.17, 15) is 4.79 Å². The molecule has 2 N–H and O–H groups in total. The average molecular weight is 339 g/mol. The van der Waals surface area contributed by atoms with Gasteiger partial charge in [0, 0.05) is 5.02 Å². The summed E-state index contributed by atoms with van der Waals surface area (Å²) in [6.45, 7) is 4.03. The summed E-state index contributed by atoms with van der Waals surface area (Å²) in [6, 6.07) is 10.2. The van der Waals surface area contributed by atoms with E-state index in [1.165, 1.54) is 0 Å². The number of hydrogen-bond acceptors (Lipinski definition) is 2. The number of anilines is 1. The molecule has 0 aliphatic rings. The molecule has 0 aromatic heterocycles. The maximum absolute atomic E-state index is 11.8. The Labute approximate surface area is 139 Å². The number of amides is 2. The topological polar surface area (TPSA) is 50.4 Å². The van der Waals surface area contributed by atoms with E-state index < -0.39 is 6.03 Å².